The second-order valence-corrected chi connectivity index (χ2v) is 4.13. The summed E-state index contributed by atoms with van der Waals surface area (Å²) in [7, 11) is 1.44. The van der Waals surface area contributed by atoms with Crippen molar-refractivity contribution in [1.82, 2.24) is 5.32 Å². The average molecular weight is 293 g/mol. The minimum absolute atomic E-state index is 0.0767. The van der Waals surface area contributed by atoms with E-state index in [2.05, 4.69) is 10.1 Å². The van der Waals surface area contributed by atoms with Crippen molar-refractivity contribution in [2.24, 2.45) is 5.92 Å². The van der Waals surface area contributed by atoms with Gasteiger partial charge in [0, 0.05) is 6.54 Å². The zero-order valence-corrected chi connectivity index (χ0v) is 11.0. The fourth-order valence-electron chi connectivity index (χ4n) is 1.49. The number of nitrogens with one attached hydrogen (secondary N) is 1. The smallest absolute Gasteiger partial charge is 0.335 e. The lowest BCUT2D eigenvalue weighted by atomic mass is 10.0. The summed E-state index contributed by atoms with van der Waals surface area (Å²) >= 11 is 0. The second-order valence-electron chi connectivity index (χ2n) is 4.13. The van der Waals surface area contributed by atoms with Crippen LogP contribution in [0.1, 0.15) is 12.8 Å². The number of ether oxygens (including phenoxy) is 1. The van der Waals surface area contributed by atoms with Gasteiger partial charge in [0.2, 0.25) is 0 Å². The number of carboxylic acids is 2. The average Bonchev–Trinajstić information content (AvgIpc) is 2.46. The Labute approximate surface area is 115 Å². The van der Waals surface area contributed by atoms with Gasteiger partial charge in [-0.2, -0.15) is 0 Å². The Hall–Kier alpha value is -1.71. The first-order chi connectivity index (χ1) is 9.31. The maximum absolute atomic E-state index is 10.9. The van der Waals surface area contributed by atoms with Crippen molar-refractivity contribution in [3.63, 3.8) is 0 Å². The van der Waals surface area contributed by atoms with E-state index in [1.54, 1.807) is 0 Å². The van der Waals surface area contributed by atoms with Crippen LogP contribution in [-0.4, -0.2) is 70.7 Å². The number of hydrogen-bond acceptors (Lipinski definition) is 7. The van der Waals surface area contributed by atoms with Gasteiger partial charge in [0.25, 0.3) is 0 Å². The number of hydrogen-bond donors (Lipinski definition) is 5. The maximum atomic E-state index is 10.9. The zero-order chi connectivity index (χ0) is 15.7. The van der Waals surface area contributed by atoms with Crippen molar-refractivity contribution in [3.05, 3.63) is 0 Å². The van der Waals surface area contributed by atoms with Gasteiger partial charge in [0.15, 0.2) is 12.2 Å². The summed E-state index contributed by atoms with van der Waals surface area (Å²) in [6, 6.07) is 0. The number of carbonyl (C=O) groups excluding carboxylic acids is 1. The summed E-state index contributed by atoms with van der Waals surface area (Å²) in [6.45, 7) is 1.82. The molecule has 1 fully saturated rings. The summed E-state index contributed by atoms with van der Waals surface area (Å²) < 4.78 is 4.61. The first-order valence-electron chi connectivity index (χ1n) is 5.91. The van der Waals surface area contributed by atoms with Crippen molar-refractivity contribution >= 4 is 17.9 Å². The number of esters is 1. The van der Waals surface area contributed by atoms with Crippen molar-refractivity contribution in [2.75, 3.05) is 20.2 Å². The molecule has 1 rings (SSSR count). The van der Waals surface area contributed by atoms with E-state index >= 15 is 0 Å². The predicted molar refractivity (Wildman–Crippen MR) is 64.9 cm³/mol. The van der Waals surface area contributed by atoms with Crippen LogP contribution in [0.25, 0.3) is 0 Å². The van der Waals surface area contributed by atoms with Crippen molar-refractivity contribution in [3.8, 4) is 0 Å². The van der Waals surface area contributed by atoms with Crippen molar-refractivity contribution < 1.29 is 39.5 Å². The fourth-order valence-corrected chi connectivity index (χ4v) is 1.49. The van der Waals surface area contributed by atoms with Crippen LogP contribution in [0.3, 0.4) is 0 Å². The molecule has 3 atom stereocenters. The predicted octanol–water partition coefficient (Wildman–Crippen LogP) is -1.96. The van der Waals surface area contributed by atoms with Crippen LogP contribution in [0.5, 0.6) is 0 Å². The van der Waals surface area contributed by atoms with Crippen LogP contribution in [-0.2, 0) is 19.1 Å². The summed E-state index contributed by atoms with van der Waals surface area (Å²) in [5.41, 5.74) is 0. The molecule has 0 spiro atoms. The van der Waals surface area contributed by atoms with Crippen LogP contribution in [0.15, 0.2) is 0 Å². The van der Waals surface area contributed by atoms with Gasteiger partial charge in [-0.15, -0.1) is 0 Å². The van der Waals surface area contributed by atoms with Crippen molar-refractivity contribution in [1.29, 1.82) is 0 Å². The highest BCUT2D eigenvalue weighted by Crippen LogP contribution is 2.10. The Morgan fingerprint density at radius 1 is 1.15 bits per heavy atom. The van der Waals surface area contributed by atoms with E-state index < -0.39 is 24.1 Å². The number of aliphatic hydroxyl groups excluding tert-OH is 2. The normalized spacial score (nSPS) is 20.9. The molecule has 0 radical (unpaired) electrons. The van der Waals surface area contributed by atoms with Gasteiger partial charge in [-0.1, -0.05) is 0 Å². The number of carbonyl (C=O) groups is 3. The molecule has 9 nitrogen and oxygen atoms in total. The van der Waals surface area contributed by atoms with E-state index in [0.29, 0.717) is 0 Å². The lowest BCUT2D eigenvalue weighted by Gasteiger charge is -2.19. The third-order valence-electron chi connectivity index (χ3n) is 2.64. The molecule has 1 saturated heterocycles. The molecule has 1 aliphatic rings. The second kappa shape index (κ2) is 9.23. The van der Waals surface area contributed by atoms with E-state index in [1.165, 1.54) is 7.11 Å². The summed E-state index contributed by atoms with van der Waals surface area (Å²) in [6.07, 6.45) is -2.48. The maximum Gasteiger partial charge on any atom is 0.335 e. The fraction of sp³-hybridized carbons (Fsp3) is 0.727. The summed E-state index contributed by atoms with van der Waals surface area (Å²) in [4.78, 5) is 30.4. The molecule has 3 unspecified atom stereocenters. The lowest BCUT2D eigenvalue weighted by molar-refractivity contribution is -0.165. The Morgan fingerprint density at radius 3 is 1.95 bits per heavy atom. The first kappa shape index (κ1) is 18.3. The SMILES string of the molecule is COC(=O)C1CCCNC1.O=C(O)C(O)C(O)C(=O)O. The third kappa shape index (κ3) is 6.45. The van der Waals surface area contributed by atoms with E-state index in [0.717, 1.165) is 25.9 Å². The van der Waals surface area contributed by atoms with Crippen LogP contribution in [0, 0.1) is 5.92 Å². The van der Waals surface area contributed by atoms with Crippen LogP contribution in [0.2, 0.25) is 0 Å². The number of rotatable bonds is 4. The summed E-state index contributed by atoms with van der Waals surface area (Å²) in [5, 5.41) is 35.7. The number of aliphatic carboxylic acids is 2. The Kier molecular flexibility index (Phi) is 8.45. The van der Waals surface area contributed by atoms with Gasteiger partial charge in [-0.25, -0.2) is 9.59 Å². The molecule has 0 aromatic rings. The number of methoxy groups -OCH3 is 1. The first-order valence-corrected chi connectivity index (χ1v) is 5.91. The molecule has 0 aliphatic carbocycles. The minimum Gasteiger partial charge on any atom is -0.479 e. The van der Waals surface area contributed by atoms with E-state index in [9.17, 15) is 14.4 Å². The minimum atomic E-state index is -2.27. The van der Waals surface area contributed by atoms with Gasteiger partial charge in [0.1, 0.15) is 0 Å². The molecular formula is C11H19NO8. The highest BCUT2D eigenvalue weighted by Gasteiger charge is 2.29. The van der Waals surface area contributed by atoms with Gasteiger partial charge in [0.05, 0.1) is 13.0 Å². The molecule has 1 heterocycles. The molecular weight excluding hydrogens is 274 g/mol. The Morgan fingerprint density at radius 2 is 1.65 bits per heavy atom. The molecule has 9 heteroatoms. The monoisotopic (exact) mass is 293 g/mol. The molecule has 1 aliphatic heterocycles. The van der Waals surface area contributed by atoms with E-state index in [-0.39, 0.29) is 11.9 Å². The molecule has 0 saturated carbocycles. The molecule has 116 valence electrons. The standard InChI is InChI=1S/C7H13NO2.C4H6O6/c1-10-7(9)6-3-2-4-8-5-6;5-1(3(7)8)2(6)4(9)10/h6,8H,2-5H2,1H3;1-2,5-6H,(H,7,8)(H,9,10). The number of aliphatic hydroxyl groups is 2. The molecule has 5 N–H and O–H groups in total. The van der Waals surface area contributed by atoms with Crippen LogP contribution >= 0.6 is 0 Å². The largest absolute Gasteiger partial charge is 0.479 e. The Balaban J connectivity index is 0.000000361. The highest BCUT2D eigenvalue weighted by molar-refractivity contribution is 5.83. The van der Waals surface area contributed by atoms with Crippen LogP contribution < -0.4 is 5.32 Å². The lowest BCUT2D eigenvalue weighted by Crippen LogP contribution is -2.39. The highest BCUT2D eigenvalue weighted by atomic mass is 16.5. The number of piperidine rings is 1. The molecule has 0 aromatic heterocycles. The summed E-state index contributed by atoms with van der Waals surface area (Å²) in [5.74, 6) is -3.52. The van der Waals surface area contributed by atoms with Crippen molar-refractivity contribution in [2.45, 2.75) is 25.0 Å². The Bertz CT molecular complexity index is 321. The van der Waals surface area contributed by atoms with Gasteiger partial charge in [-0.3, -0.25) is 4.79 Å². The molecule has 0 aromatic carbocycles. The zero-order valence-electron chi connectivity index (χ0n) is 11.0. The van der Waals surface area contributed by atoms with Gasteiger partial charge < -0.3 is 30.5 Å². The van der Waals surface area contributed by atoms with Crippen LogP contribution in [0.4, 0.5) is 0 Å². The van der Waals surface area contributed by atoms with Gasteiger partial charge in [-0.05, 0) is 19.4 Å². The molecule has 20 heavy (non-hydrogen) atoms. The van der Waals surface area contributed by atoms with E-state index in [4.69, 9.17) is 20.4 Å². The third-order valence-corrected chi connectivity index (χ3v) is 2.64. The topological polar surface area (TPSA) is 153 Å². The molecule has 0 amide bonds. The molecule has 0 bridgehead atoms. The number of carboxylic acid groups (broad SMARTS) is 2. The van der Waals surface area contributed by atoms with Gasteiger partial charge >= 0.3 is 17.9 Å². The quantitative estimate of drug-likeness (QED) is 0.371. The van der Waals surface area contributed by atoms with E-state index in [1.807, 2.05) is 0 Å².